The van der Waals surface area contributed by atoms with E-state index in [9.17, 15) is 4.79 Å². The summed E-state index contributed by atoms with van der Waals surface area (Å²) in [6.07, 6.45) is 4.92. The number of para-hydroxylation sites is 1. The molecular formula is C22H24N4O2. The number of likely N-dealkylation sites (N-methyl/N-ethyl adjacent to an activating group) is 1. The van der Waals surface area contributed by atoms with Gasteiger partial charge in [0.1, 0.15) is 11.4 Å². The Morgan fingerprint density at radius 2 is 2.14 bits per heavy atom. The first-order valence-electron chi connectivity index (χ1n) is 9.98. The Kier molecular flexibility index (Phi) is 4.36. The van der Waals surface area contributed by atoms with Crippen molar-refractivity contribution in [3.05, 3.63) is 59.4 Å². The maximum Gasteiger partial charge on any atom is 0.289 e. The second-order valence-electron chi connectivity index (χ2n) is 7.93. The number of rotatable bonds is 2. The number of aromatic nitrogens is 2. The molecule has 0 bridgehead atoms. The highest BCUT2D eigenvalue weighted by Gasteiger charge is 2.29. The molecule has 0 radical (unpaired) electrons. The highest BCUT2D eigenvalue weighted by atomic mass is 16.3. The van der Waals surface area contributed by atoms with Crippen molar-refractivity contribution in [2.45, 2.75) is 31.7 Å². The van der Waals surface area contributed by atoms with Crippen LogP contribution in [0.2, 0.25) is 0 Å². The fourth-order valence-electron chi connectivity index (χ4n) is 4.28. The van der Waals surface area contributed by atoms with Gasteiger partial charge in [-0.05, 0) is 32.0 Å². The largest absolute Gasteiger partial charge is 0.451 e. The highest BCUT2D eigenvalue weighted by Crippen LogP contribution is 2.28. The van der Waals surface area contributed by atoms with Crippen molar-refractivity contribution >= 4 is 16.9 Å². The normalized spacial score (nSPS) is 20.3. The number of likely N-dealkylation sites (tertiary alicyclic amines) is 1. The molecule has 4 heterocycles. The van der Waals surface area contributed by atoms with Gasteiger partial charge in [-0.25, -0.2) is 9.97 Å². The van der Waals surface area contributed by atoms with Crippen LogP contribution in [-0.2, 0) is 13.0 Å². The molecule has 6 nitrogen and oxygen atoms in total. The second kappa shape index (κ2) is 7.02. The molecule has 1 fully saturated rings. The topological polar surface area (TPSA) is 62.5 Å². The van der Waals surface area contributed by atoms with E-state index in [0.717, 1.165) is 55.7 Å². The molecular weight excluding hydrogens is 352 g/mol. The van der Waals surface area contributed by atoms with Gasteiger partial charge in [-0.1, -0.05) is 18.2 Å². The Balaban J connectivity index is 1.35. The van der Waals surface area contributed by atoms with Gasteiger partial charge in [-0.15, -0.1) is 0 Å². The third-order valence-corrected chi connectivity index (χ3v) is 5.85. The molecule has 28 heavy (non-hydrogen) atoms. The molecule has 2 aromatic heterocycles. The van der Waals surface area contributed by atoms with Gasteiger partial charge >= 0.3 is 0 Å². The summed E-state index contributed by atoms with van der Waals surface area (Å²) in [7, 11) is 2.12. The van der Waals surface area contributed by atoms with Crippen molar-refractivity contribution in [3.63, 3.8) is 0 Å². The number of nitrogens with zero attached hydrogens (tertiary/aromatic N) is 4. The van der Waals surface area contributed by atoms with Crippen molar-refractivity contribution in [3.8, 4) is 0 Å². The van der Waals surface area contributed by atoms with Gasteiger partial charge in [-0.3, -0.25) is 4.79 Å². The molecule has 0 saturated carbocycles. The lowest BCUT2D eigenvalue weighted by Crippen LogP contribution is -2.39. The maximum absolute atomic E-state index is 13.0. The van der Waals surface area contributed by atoms with Crippen molar-refractivity contribution in [1.29, 1.82) is 0 Å². The Labute approximate surface area is 164 Å². The van der Waals surface area contributed by atoms with Crippen molar-refractivity contribution < 1.29 is 9.21 Å². The Morgan fingerprint density at radius 1 is 1.25 bits per heavy atom. The molecule has 1 amide bonds. The van der Waals surface area contributed by atoms with E-state index in [0.29, 0.717) is 12.3 Å². The van der Waals surface area contributed by atoms with Crippen LogP contribution in [0.4, 0.5) is 0 Å². The quantitative estimate of drug-likeness (QED) is 0.687. The third-order valence-electron chi connectivity index (χ3n) is 5.85. The molecule has 2 aliphatic rings. The first kappa shape index (κ1) is 17.4. The molecule has 0 N–H and O–H groups in total. The fourth-order valence-corrected chi connectivity index (χ4v) is 4.28. The molecule has 5 rings (SSSR count). The molecule has 0 unspecified atom stereocenters. The number of fused-ring (bicyclic) bond motifs is 2. The number of piperidine rings is 1. The molecule has 3 aromatic rings. The zero-order valence-corrected chi connectivity index (χ0v) is 16.1. The van der Waals surface area contributed by atoms with E-state index in [-0.39, 0.29) is 11.8 Å². The average Bonchev–Trinajstić information content (AvgIpc) is 3.17. The minimum Gasteiger partial charge on any atom is -0.451 e. The van der Waals surface area contributed by atoms with Gasteiger partial charge in [0.05, 0.1) is 0 Å². The van der Waals surface area contributed by atoms with E-state index in [1.807, 2.05) is 41.4 Å². The fraction of sp³-hybridized carbons (Fsp3) is 0.409. The number of furan rings is 1. The van der Waals surface area contributed by atoms with E-state index in [4.69, 9.17) is 9.40 Å². The van der Waals surface area contributed by atoms with Crippen LogP contribution in [0, 0.1) is 0 Å². The number of hydrogen-bond donors (Lipinski definition) is 0. The van der Waals surface area contributed by atoms with Crippen molar-refractivity contribution in [2.75, 3.05) is 26.7 Å². The van der Waals surface area contributed by atoms with Gasteiger partial charge in [0.25, 0.3) is 5.91 Å². The zero-order valence-electron chi connectivity index (χ0n) is 16.1. The van der Waals surface area contributed by atoms with E-state index < -0.39 is 0 Å². The van der Waals surface area contributed by atoms with E-state index in [1.54, 1.807) is 0 Å². The van der Waals surface area contributed by atoms with Crippen LogP contribution in [0.5, 0.6) is 0 Å². The summed E-state index contributed by atoms with van der Waals surface area (Å²) in [5.41, 5.74) is 3.15. The summed E-state index contributed by atoms with van der Waals surface area (Å²) in [6.45, 7) is 3.35. The Hall–Kier alpha value is -2.73. The number of benzene rings is 1. The van der Waals surface area contributed by atoms with Gasteiger partial charge in [-0.2, -0.15) is 0 Å². The van der Waals surface area contributed by atoms with Gasteiger partial charge in [0, 0.05) is 61.4 Å². The number of amides is 1. The smallest absolute Gasteiger partial charge is 0.289 e. The zero-order chi connectivity index (χ0) is 19.1. The van der Waals surface area contributed by atoms with Crippen molar-refractivity contribution in [1.82, 2.24) is 19.8 Å². The summed E-state index contributed by atoms with van der Waals surface area (Å²) in [5.74, 6) is 1.44. The number of carbonyl (C=O) groups is 1. The van der Waals surface area contributed by atoms with Crippen LogP contribution in [0.15, 0.2) is 40.9 Å². The molecule has 2 aliphatic heterocycles. The lowest BCUT2D eigenvalue weighted by atomic mass is 9.96. The molecule has 1 atom stereocenters. The lowest BCUT2D eigenvalue weighted by molar-refractivity contribution is 0.0674. The van der Waals surface area contributed by atoms with Crippen molar-refractivity contribution in [2.24, 2.45) is 0 Å². The number of carbonyl (C=O) groups excluding carboxylic acids is 1. The molecule has 1 aromatic carbocycles. The first-order valence-corrected chi connectivity index (χ1v) is 9.98. The molecule has 0 spiro atoms. The van der Waals surface area contributed by atoms with Gasteiger partial charge < -0.3 is 14.2 Å². The van der Waals surface area contributed by atoms with Crippen LogP contribution in [0.25, 0.3) is 11.0 Å². The van der Waals surface area contributed by atoms with E-state index in [2.05, 4.69) is 16.9 Å². The standard InChI is InChI=1S/C22H24N4O2/c1-25-10-8-18-17(13-25)12-23-21(24-18)16-6-4-9-26(14-16)22(27)20-11-15-5-2-3-7-19(15)28-20/h2-3,5,7,11-12,16H,4,6,8-10,13-14H2,1H3/t16-/m1/s1. The third kappa shape index (κ3) is 3.18. The van der Waals surface area contributed by atoms with Crippen LogP contribution < -0.4 is 0 Å². The summed E-state index contributed by atoms with van der Waals surface area (Å²) in [6, 6.07) is 9.57. The average molecular weight is 376 g/mol. The first-order chi connectivity index (χ1) is 13.7. The van der Waals surface area contributed by atoms with E-state index >= 15 is 0 Å². The second-order valence-corrected chi connectivity index (χ2v) is 7.93. The summed E-state index contributed by atoms with van der Waals surface area (Å²) >= 11 is 0. The van der Waals surface area contributed by atoms with Gasteiger partial charge in [0.15, 0.2) is 5.76 Å². The van der Waals surface area contributed by atoms with Crippen LogP contribution >= 0.6 is 0 Å². The summed E-state index contributed by atoms with van der Waals surface area (Å²) < 4.78 is 5.78. The predicted molar refractivity (Wildman–Crippen MR) is 106 cm³/mol. The molecule has 0 aliphatic carbocycles. The van der Waals surface area contributed by atoms with Crippen LogP contribution in [-0.4, -0.2) is 52.4 Å². The monoisotopic (exact) mass is 376 g/mol. The SMILES string of the molecule is CN1CCc2nc([C@@H]3CCCN(C(=O)c4cc5ccccc5o4)C3)ncc2C1. The van der Waals surface area contributed by atoms with E-state index in [1.165, 1.54) is 11.3 Å². The van der Waals surface area contributed by atoms with Crippen LogP contribution in [0.3, 0.4) is 0 Å². The molecule has 6 heteroatoms. The van der Waals surface area contributed by atoms with Crippen LogP contribution in [0.1, 0.15) is 46.4 Å². The summed E-state index contributed by atoms with van der Waals surface area (Å²) in [4.78, 5) is 26.7. The predicted octanol–water partition coefficient (Wildman–Crippen LogP) is 3.23. The Morgan fingerprint density at radius 3 is 3.04 bits per heavy atom. The molecule has 144 valence electrons. The van der Waals surface area contributed by atoms with Gasteiger partial charge in [0.2, 0.25) is 0 Å². The highest BCUT2D eigenvalue weighted by molar-refractivity contribution is 5.96. The summed E-state index contributed by atoms with van der Waals surface area (Å²) in [5, 5.41) is 0.961. The lowest BCUT2D eigenvalue weighted by Gasteiger charge is -2.32. The minimum atomic E-state index is -0.0412. The maximum atomic E-state index is 13.0. The Bertz CT molecular complexity index is 995. The molecule has 1 saturated heterocycles. The minimum absolute atomic E-state index is 0.0412. The number of hydrogen-bond acceptors (Lipinski definition) is 5.